The quantitative estimate of drug-likeness (QED) is 0.0243. The number of aliphatic hydroxyl groups is 1. The van der Waals surface area contributed by atoms with Crippen molar-refractivity contribution >= 4 is 13.7 Å². The molecule has 0 aromatic carbocycles. The zero-order valence-electron chi connectivity index (χ0n) is 52.0. The minimum atomic E-state index is -4.36. The first-order valence-corrected chi connectivity index (χ1v) is 35.0. The van der Waals surface area contributed by atoms with E-state index in [1.54, 1.807) is 6.08 Å². The highest BCUT2D eigenvalue weighted by Gasteiger charge is 2.28. The zero-order valence-corrected chi connectivity index (χ0v) is 52.9. The number of amides is 1. The molecule has 0 saturated carbocycles. The average Bonchev–Trinajstić information content (AvgIpc) is 3.39. The fourth-order valence-electron chi connectivity index (χ4n) is 10.0. The molecule has 0 aliphatic carbocycles. The molecule has 0 aliphatic rings. The number of hydrogen-bond donors (Lipinski definition) is 3. The van der Waals surface area contributed by atoms with Crippen LogP contribution in [0.4, 0.5) is 0 Å². The number of hydrogen-bond acceptors (Lipinski definition) is 5. The first-order chi connectivity index (χ1) is 37.5. The molecule has 0 aromatic rings. The third-order valence-corrected chi connectivity index (χ3v) is 16.2. The van der Waals surface area contributed by atoms with Crippen LogP contribution in [0.2, 0.25) is 0 Å². The monoisotopic (exact) mass is 1100 g/mol. The number of quaternary nitrogens is 1. The van der Waals surface area contributed by atoms with Gasteiger partial charge in [0.25, 0.3) is 0 Å². The van der Waals surface area contributed by atoms with Crippen LogP contribution in [0.5, 0.6) is 0 Å². The van der Waals surface area contributed by atoms with Crippen molar-refractivity contribution in [1.29, 1.82) is 0 Å². The third-order valence-electron chi connectivity index (χ3n) is 15.2. The molecule has 0 aromatic heterocycles. The van der Waals surface area contributed by atoms with Crippen LogP contribution < -0.4 is 5.32 Å². The Morgan fingerprint density at radius 1 is 0.429 bits per heavy atom. The van der Waals surface area contributed by atoms with E-state index in [9.17, 15) is 19.4 Å². The van der Waals surface area contributed by atoms with E-state index < -0.39 is 20.0 Å². The first-order valence-electron chi connectivity index (χ1n) is 33.5. The maximum Gasteiger partial charge on any atom is 0.472 e. The van der Waals surface area contributed by atoms with Gasteiger partial charge < -0.3 is 19.8 Å². The van der Waals surface area contributed by atoms with Crippen LogP contribution in [0, 0.1) is 0 Å². The van der Waals surface area contributed by atoms with Crippen molar-refractivity contribution < 1.29 is 32.9 Å². The molecule has 77 heavy (non-hydrogen) atoms. The van der Waals surface area contributed by atoms with Crippen LogP contribution in [-0.4, -0.2) is 73.4 Å². The predicted molar refractivity (Wildman–Crippen MR) is 337 cm³/mol. The number of unbranched alkanes of at least 4 members (excludes halogenated alkanes) is 43. The second kappa shape index (κ2) is 59.1. The van der Waals surface area contributed by atoms with Crippen molar-refractivity contribution in [3.8, 4) is 0 Å². The maximum atomic E-state index is 13.0. The van der Waals surface area contributed by atoms with Crippen molar-refractivity contribution in [3.05, 3.63) is 48.6 Å². The summed E-state index contributed by atoms with van der Waals surface area (Å²) in [6.45, 7) is 4.82. The summed E-state index contributed by atoms with van der Waals surface area (Å²) >= 11 is 0. The predicted octanol–water partition coefficient (Wildman–Crippen LogP) is 21.1. The lowest BCUT2D eigenvalue weighted by Crippen LogP contribution is -2.45. The number of nitrogens with one attached hydrogen (secondary N) is 1. The number of likely N-dealkylation sites (N-methyl/N-ethyl adjacent to an activating group) is 1. The number of rotatable bonds is 62. The summed E-state index contributed by atoms with van der Waals surface area (Å²) in [5.74, 6) is -0.187. The van der Waals surface area contributed by atoms with Gasteiger partial charge in [-0.15, -0.1) is 0 Å². The molecule has 9 heteroatoms. The molecular weight excluding hydrogens is 972 g/mol. The summed E-state index contributed by atoms with van der Waals surface area (Å²) in [6, 6.07) is -0.870. The van der Waals surface area contributed by atoms with Gasteiger partial charge in [0.15, 0.2) is 0 Å². The smallest absolute Gasteiger partial charge is 0.387 e. The lowest BCUT2D eigenvalue weighted by molar-refractivity contribution is -0.870. The Bertz CT molecular complexity index is 1390. The van der Waals surface area contributed by atoms with E-state index in [1.165, 1.54) is 263 Å². The van der Waals surface area contributed by atoms with Gasteiger partial charge in [-0.3, -0.25) is 13.8 Å². The Hall–Kier alpha value is -1.54. The Kier molecular flexibility index (Phi) is 57.9. The number of carbonyl (C=O) groups excluding carboxylic acids is 1. The van der Waals surface area contributed by atoms with Gasteiger partial charge in [-0.2, -0.15) is 0 Å². The molecule has 0 bridgehead atoms. The molecule has 8 nitrogen and oxygen atoms in total. The van der Waals surface area contributed by atoms with Gasteiger partial charge in [-0.1, -0.05) is 300 Å². The van der Waals surface area contributed by atoms with Gasteiger partial charge in [0, 0.05) is 6.42 Å². The van der Waals surface area contributed by atoms with Crippen molar-refractivity contribution in [2.45, 2.75) is 341 Å². The van der Waals surface area contributed by atoms with E-state index in [-0.39, 0.29) is 19.1 Å². The topological polar surface area (TPSA) is 105 Å². The van der Waals surface area contributed by atoms with Gasteiger partial charge in [0.1, 0.15) is 13.2 Å². The van der Waals surface area contributed by atoms with E-state index in [0.717, 1.165) is 44.9 Å². The molecular formula is C68H132N2O6P+. The lowest BCUT2D eigenvalue weighted by Gasteiger charge is -2.25. The summed E-state index contributed by atoms with van der Waals surface area (Å²) in [5, 5.41) is 13.9. The number of allylic oxidation sites excluding steroid dienone is 7. The molecule has 0 heterocycles. The summed E-state index contributed by atoms with van der Waals surface area (Å²) in [6.07, 6.45) is 79.8. The Morgan fingerprint density at radius 2 is 0.714 bits per heavy atom. The number of aliphatic hydroxyl groups excluding tert-OH is 1. The Labute approximate surface area is 479 Å². The Morgan fingerprint density at radius 3 is 1.04 bits per heavy atom. The van der Waals surface area contributed by atoms with Crippen LogP contribution in [0.25, 0.3) is 0 Å². The van der Waals surface area contributed by atoms with Crippen LogP contribution in [0.1, 0.15) is 328 Å². The van der Waals surface area contributed by atoms with Gasteiger partial charge in [0.05, 0.1) is 39.9 Å². The lowest BCUT2D eigenvalue weighted by atomic mass is 10.0. The minimum Gasteiger partial charge on any atom is -0.387 e. The highest BCUT2D eigenvalue weighted by molar-refractivity contribution is 7.47. The van der Waals surface area contributed by atoms with Crippen LogP contribution in [-0.2, 0) is 18.4 Å². The number of phosphoric acid groups is 1. The summed E-state index contributed by atoms with van der Waals surface area (Å²) in [5.41, 5.74) is 0. The first kappa shape index (κ1) is 75.5. The molecule has 0 rings (SSSR count). The molecule has 0 aliphatic heterocycles. The summed E-state index contributed by atoms with van der Waals surface area (Å²) in [4.78, 5) is 23.3. The minimum absolute atomic E-state index is 0.0540. The fraction of sp³-hybridized carbons (Fsp3) is 0.868. The second-order valence-electron chi connectivity index (χ2n) is 24.2. The van der Waals surface area contributed by atoms with Crippen LogP contribution >= 0.6 is 7.82 Å². The van der Waals surface area contributed by atoms with E-state index in [4.69, 9.17) is 9.05 Å². The number of carbonyl (C=O) groups is 1. The van der Waals surface area contributed by atoms with Crippen molar-refractivity contribution in [3.63, 3.8) is 0 Å². The molecule has 0 saturated heterocycles. The van der Waals surface area contributed by atoms with Crippen molar-refractivity contribution in [2.75, 3.05) is 40.9 Å². The number of phosphoric ester groups is 1. The highest BCUT2D eigenvalue weighted by atomic mass is 31.2. The molecule has 0 fully saturated rings. The number of nitrogens with zero attached hydrogens (tertiary/aromatic N) is 1. The standard InChI is InChI=1S/C68H131N2O6P/c1-6-8-10-12-14-16-18-20-22-24-26-27-28-29-30-31-32-33-34-35-36-37-38-39-40-41-42-43-44-46-48-50-52-54-56-58-60-62-68(72)69-66(65-76-77(73,74)75-64-63-70(3,4)5)67(71)61-59-57-55-53-51-49-47-45-25-23-21-19-17-15-13-11-9-7-2/h25,33-34,45,51,53,59,61,66-67,71H,6-24,26-32,35-44,46-50,52,54-58,60,62-65H2,1-5H3,(H-,69,72,73,74)/p+1/b34-33-,45-25+,53-51+,61-59+. The summed E-state index contributed by atoms with van der Waals surface area (Å²) < 4.78 is 23.7. The third kappa shape index (κ3) is 61.9. The highest BCUT2D eigenvalue weighted by Crippen LogP contribution is 2.43. The summed E-state index contributed by atoms with van der Waals surface area (Å²) in [7, 11) is 1.55. The normalized spacial score (nSPS) is 14.0. The van der Waals surface area contributed by atoms with Gasteiger partial charge >= 0.3 is 7.82 Å². The van der Waals surface area contributed by atoms with Gasteiger partial charge in [0.2, 0.25) is 5.91 Å². The van der Waals surface area contributed by atoms with E-state index in [1.807, 2.05) is 27.2 Å². The van der Waals surface area contributed by atoms with Crippen molar-refractivity contribution in [1.82, 2.24) is 5.32 Å². The van der Waals surface area contributed by atoms with Gasteiger partial charge in [-0.25, -0.2) is 4.57 Å². The molecule has 0 radical (unpaired) electrons. The molecule has 3 atom stereocenters. The molecule has 454 valence electrons. The SMILES string of the molecule is CCCCCCCCCC/C=C/CC/C=C/CC/C=C/C(O)C(COP(=O)(O)OCC[N+](C)(C)C)NC(=O)CCCCCCCCCCCCCCCCCCC/C=C\CCCCCCCCCCCCCCCCCC. The van der Waals surface area contributed by atoms with Crippen LogP contribution in [0.3, 0.4) is 0 Å². The van der Waals surface area contributed by atoms with Gasteiger partial charge in [-0.05, 0) is 70.6 Å². The fourth-order valence-corrected chi connectivity index (χ4v) is 10.7. The largest absolute Gasteiger partial charge is 0.472 e. The van der Waals surface area contributed by atoms with E-state index >= 15 is 0 Å². The molecule has 3 N–H and O–H groups in total. The molecule has 1 amide bonds. The second-order valence-corrected chi connectivity index (χ2v) is 25.6. The molecule has 3 unspecified atom stereocenters. The average molecular weight is 1100 g/mol. The Balaban J connectivity index is 4.00. The van der Waals surface area contributed by atoms with Crippen molar-refractivity contribution in [2.24, 2.45) is 0 Å². The van der Waals surface area contributed by atoms with Crippen LogP contribution in [0.15, 0.2) is 48.6 Å². The zero-order chi connectivity index (χ0) is 56.3. The van der Waals surface area contributed by atoms with E-state index in [2.05, 4.69) is 55.6 Å². The maximum absolute atomic E-state index is 13.0. The molecule has 0 spiro atoms. The van der Waals surface area contributed by atoms with E-state index in [0.29, 0.717) is 17.4 Å².